The van der Waals surface area contributed by atoms with Gasteiger partial charge in [-0.2, -0.15) is 5.10 Å². The number of carbonyl (C=O) groups excluding carboxylic acids is 1. The van der Waals surface area contributed by atoms with Crippen LogP contribution in [-0.4, -0.2) is 34.7 Å². The van der Waals surface area contributed by atoms with E-state index < -0.39 is 0 Å². The third-order valence-corrected chi connectivity index (χ3v) is 3.40. The van der Waals surface area contributed by atoms with Gasteiger partial charge in [0.05, 0.1) is 12.0 Å². The van der Waals surface area contributed by atoms with Crippen LogP contribution >= 0.6 is 11.6 Å². The van der Waals surface area contributed by atoms with E-state index in [1.165, 1.54) is 4.90 Å². The molecule has 2 aromatic heterocycles. The fourth-order valence-electron chi connectivity index (χ4n) is 2.12. The summed E-state index contributed by atoms with van der Waals surface area (Å²) in [6.45, 7) is 0. The average Bonchev–Trinajstić information content (AvgIpc) is 3.15. The topological polar surface area (TPSA) is 51.3 Å². The van der Waals surface area contributed by atoms with Crippen molar-refractivity contribution in [1.82, 2.24) is 14.7 Å². The Morgan fingerprint density at radius 2 is 2.05 bits per heavy atom. The van der Waals surface area contributed by atoms with E-state index in [1.807, 2.05) is 18.2 Å². The Labute approximate surface area is 132 Å². The minimum absolute atomic E-state index is 0.173. The molecule has 0 spiro atoms. The molecular weight excluding hydrogens is 302 g/mol. The Morgan fingerprint density at radius 1 is 1.23 bits per heavy atom. The fraction of sp³-hybridized carbons (Fsp3) is 0.125. The molecule has 1 amide bonds. The lowest BCUT2D eigenvalue weighted by Crippen LogP contribution is -2.22. The summed E-state index contributed by atoms with van der Waals surface area (Å²) in [5.41, 5.74) is 1.80. The second-order valence-electron chi connectivity index (χ2n) is 4.98. The van der Waals surface area contributed by atoms with Crippen molar-refractivity contribution in [2.75, 3.05) is 14.1 Å². The lowest BCUT2D eigenvalue weighted by atomic mass is 10.2. The molecule has 0 aliphatic carbocycles. The number of furan rings is 1. The van der Waals surface area contributed by atoms with E-state index in [4.69, 9.17) is 16.0 Å². The van der Waals surface area contributed by atoms with Gasteiger partial charge >= 0.3 is 0 Å². The van der Waals surface area contributed by atoms with Gasteiger partial charge in [-0.15, -0.1) is 0 Å². The second-order valence-corrected chi connectivity index (χ2v) is 5.42. The maximum atomic E-state index is 12.2. The largest absolute Gasteiger partial charge is 0.463 e. The average molecular weight is 316 g/mol. The molecule has 1 aromatic carbocycles. The van der Waals surface area contributed by atoms with Crippen molar-refractivity contribution in [2.24, 2.45) is 0 Å². The third kappa shape index (κ3) is 2.63. The molecule has 112 valence electrons. The maximum absolute atomic E-state index is 12.2. The fourth-order valence-corrected chi connectivity index (χ4v) is 2.30. The van der Waals surface area contributed by atoms with E-state index in [0.29, 0.717) is 22.2 Å². The van der Waals surface area contributed by atoms with E-state index in [-0.39, 0.29) is 5.91 Å². The van der Waals surface area contributed by atoms with Gasteiger partial charge < -0.3 is 9.32 Å². The molecule has 3 rings (SSSR count). The first-order valence-electron chi connectivity index (χ1n) is 6.68. The number of hydrogen-bond acceptors (Lipinski definition) is 3. The SMILES string of the molecule is CN(C)C(=O)c1cc(-c2ccco2)n(-c2cccc(Cl)c2)n1. The van der Waals surface area contributed by atoms with E-state index in [9.17, 15) is 4.79 Å². The predicted octanol–water partition coefficient (Wildman–Crippen LogP) is 3.49. The summed E-state index contributed by atoms with van der Waals surface area (Å²) in [6, 6.07) is 12.6. The summed E-state index contributed by atoms with van der Waals surface area (Å²) in [5.74, 6) is 0.457. The van der Waals surface area contributed by atoms with Crippen LogP contribution < -0.4 is 0 Å². The Hall–Kier alpha value is -2.53. The Kier molecular flexibility index (Phi) is 3.73. The molecule has 0 N–H and O–H groups in total. The molecule has 0 radical (unpaired) electrons. The van der Waals surface area contributed by atoms with Gasteiger partial charge in [0.2, 0.25) is 0 Å². The van der Waals surface area contributed by atoms with E-state index in [0.717, 1.165) is 5.69 Å². The summed E-state index contributed by atoms with van der Waals surface area (Å²) in [5, 5.41) is 5.00. The number of carbonyl (C=O) groups is 1. The number of hydrogen-bond donors (Lipinski definition) is 0. The normalized spacial score (nSPS) is 10.7. The van der Waals surface area contributed by atoms with E-state index in [1.54, 1.807) is 49.3 Å². The zero-order valence-electron chi connectivity index (χ0n) is 12.2. The zero-order valence-corrected chi connectivity index (χ0v) is 12.9. The molecule has 22 heavy (non-hydrogen) atoms. The number of rotatable bonds is 3. The standard InChI is InChI=1S/C16H14ClN3O2/c1-19(2)16(21)13-10-14(15-7-4-8-22-15)20(18-13)12-6-3-5-11(17)9-12/h3-10H,1-2H3. The molecule has 0 saturated carbocycles. The molecule has 0 bridgehead atoms. The first-order chi connectivity index (χ1) is 10.6. The molecule has 0 unspecified atom stereocenters. The van der Waals surface area contributed by atoms with Gasteiger partial charge in [-0.3, -0.25) is 4.79 Å². The first kappa shape index (κ1) is 14.4. The molecular formula is C16H14ClN3O2. The van der Waals surface area contributed by atoms with Gasteiger partial charge in [-0.05, 0) is 30.3 Å². The molecule has 2 heterocycles. The quantitative estimate of drug-likeness (QED) is 0.743. The minimum atomic E-state index is -0.173. The summed E-state index contributed by atoms with van der Waals surface area (Å²) in [7, 11) is 3.38. The zero-order chi connectivity index (χ0) is 15.7. The summed E-state index contributed by atoms with van der Waals surface area (Å²) in [6.07, 6.45) is 1.58. The highest BCUT2D eigenvalue weighted by Crippen LogP contribution is 2.26. The van der Waals surface area contributed by atoms with Crippen molar-refractivity contribution < 1.29 is 9.21 Å². The predicted molar refractivity (Wildman–Crippen MR) is 84.3 cm³/mol. The number of halogens is 1. The number of amides is 1. The van der Waals surface area contributed by atoms with Crippen molar-refractivity contribution in [3.63, 3.8) is 0 Å². The molecule has 5 nitrogen and oxygen atoms in total. The van der Waals surface area contributed by atoms with Crippen LogP contribution in [0.25, 0.3) is 17.1 Å². The Bertz CT molecular complexity index is 807. The molecule has 0 saturated heterocycles. The smallest absolute Gasteiger partial charge is 0.273 e. The Balaban J connectivity index is 2.17. The van der Waals surface area contributed by atoms with Crippen molar-refractivity contribution in [1.29, 1.82) is 0 Å². The molecule has 0 fully saturated rings. The van der Waals surface area contributed by atoms with Crippen molar-refractivity contribution in [2.45, 2.75) is 0 Å². The highest BCUT2D eigenvalue weighted by molar-refractivity contribution is 6.30. The molecule has 0 aliphatic rings. The monoisotopic (exact) mass is 315 g/mol. The van der Waals surface area contributed by atoms with Crippen LogP contribution in [-0.2, 0) is 0 Å². The van der Waals surface area contributed by atoms with Gasteiger partial charge in [-0.25, -0.2) is 4.68 Å². The van der Waals surface area contributed by atoms with Crippen LogP contribution in [0, 0.1) is 0 Å². The highest BCUT2D eigenvalue weighted by Gasteiger charge is 2.19. The first-order valence-corrected chi connectivity index (χ1v) is 7.05. The van der Waals surface area contributed by atoms with Crippen LogP contribution in [0.1, 0.15) is 10.5 Å². The highest BCUT2D eigenvalue weighted by atomic mass is 35.5. The number of aromatic nitrogens is 2. The van der Waals surface area contributed by atoms with Crippen LogP contribution in [0.15, 0.2) is 53.1 Å². The summed E-state index contributed by atoms with van der Waals surface area (Å²) in [4.78, 5) is 13.7. The van der Waals surface area contributed by atoms with Crippen molar-refractivity contribution >= 4 is 17.5 Å². The molecule has 0 atom stereocenters. The molecule has 0 aliphatic heterocycles. The minimum Gasteiger partial charge on any atom is -0.463 e. The van der Waals surface area contributed by atoms with Crippen LogP contribution in [0.2, 0.25) is 5.02 Å². The number of nitrogens with zero attached hydrogens (tertiary/aromatic N) is 3. The Morgan fingerprint density at radius 3 is 2.68 bits per heavy atom. The van der Waals surface area contributed by atoms with Crippen LogP contribution in [0.3, 0.4) is 0 Å². The lowest BCUT2D eigenvalue weighted by Gasteiger charge is -2.07. The van der Waals surface area contributed by atoms with Gasteiger partial charge in [0.15, 0.2) is 11.5 Å². The van der Waals surface area contributed by atoms with Crippen molar-refractivity contribution in [3.05, 3.63) is 59.4 Å². The second kappa shape index (κ2) is 5.69. The van der Waals surface area contributed by atoms with Gasteiger partial charge in [0.25, 0.3) is 5.91 Å². The van der Waals surface area contributed by atoms with Gasteiger partial charge in [0.1, 0.15) is 5.69 Å². The van der Waals surface area contributed by atoms with Crippen LogP contribution in [0.5, 0.6) is 0 Å². The summed E-state index contributed by atoms with van der Waals surface area (Å²) < 4.78 is 7.10. The maximum Gasteiger partial charge on any atom is 0.273 e. The summed E-state index contributed by atoms with van der Waals surface area (Å²) >= 11 is 6.05. The van der Waals surface area contributed by atoms with Gasteiger partial charge in [-0.1, -0.05) is 17.7 Å². The van der Waals surface area contributed by atoms with Gasteiger partial charge in [0, 0.05) is 25.2 Å². The molecule has 6 heteroatoms. The number of benzene rings is 1. The van der Waals surface area contributed by atoms with Crippen molar-refractivity contribution in [3.8, 4) is 17.1 Å². The van der Waals surface area contributed by atoms with E-state index >= 15 is 0 Å². The van der Waals surface area contributed by atoms with E-state index in [2.05, 4.69) is 5.10 Å². The lowest BCUT2D eigenvalue weighted by molar-refractivity contribution is 0.0821. The van der Waals surface area contributed by atoms with Crippen LogP contribution in [0.4, 0.5) is 0 Å². The molecule has 3 aromatic rings. The third-order valence-electron chi connectivity index (χ3n) is 3.16.